The lowest BCUT2D eigenvalue weighted by atomic mass is 10.2. The van der Waals surface area contributed by atoms with Crippen molar-refractivity contribution >= 4 is 23.3 Å². The Hall–Kier alpha value is -3.30. The Balaban J connectivity index is 2.10. The van der Waals surface area contributed by atoms with Gasteiger partial charge in [0.05, 0.1) is 22.5 Å². The van der Waals surface area contributed by atoms with Crippen molar-refractivity contribution < 1.29 is 9.85 Å². The Labute approximate surface area is 118 Å². The SMILES string of the molecule is O=[N+]([O-])c1ccc(NN=CCn2cccn2)c([N+](=O)[O-])c1. The standard InChI is InChI=1S/C11H10N6O4/c18-16(19)9-2-3-10(11(8-9)17(20)21)14-12-5-7-15-6-1-4-13-15/h1-6,8,14H,7H2. The summed E-state index contributed by atoms with van der Waals surface area (Å²) in [6.45, 7) is 0.390. The molecule has 21 heavy (non-hydrogen) atoms. The normalized spacial score (nSPS) is 10.7. The predicted octanol–water partition coefficient (Wildman–Crippen LogP) is 1.80. The molecule has 10 nitrogen and oxygen atoms in total. The summed E-state index contributed by atoms with van der Waals surface area (Å²) < 4.78 is 1.61. The van der Waals surface area contributed by atoms with Gasteiger partial charge in [0.2, 0.25) is 0 Å². The summed E-state index contributed by atoms with van der Waals surface area (Å²) in [5.74, 6) is 0. The van der Waals surface area contributed by atoms with Crippen LogP contribution in [-0.4, -0.2) is 25.8 Å². The molecular weight excluding hydrogens is 280 g/mol. The lowest BCUT2D eigenvalue weighted by Crippen LogP contribution is -2.02. The highest BCUT2D eigenvalue weighted by molar-refractivity contribution is 5.67. The first-order valence-electron chi connectivity index (χ1n) is 5.75. The van der Waals surface area contributed by atoms with Crippen molar-refractivity contribution in [2.24, 2.45) is 5.10 Å². The number of hydrogen-bond donors (Lipinski definition) is 1. The molecule has 0 saturated heterocycles. The Morgan fingerprint density at radius 1 is 1.33 bits per heavy atom. The van der Waals surface area contributed by atoms with E-state index in [1.165, 1.54) is 18.3 Å². The van der Waals surface area contributed by atoms with E-state index in [1.807, 2.05) is 0 Å². The van der Waals surface area contributed by atoms with Gasteiger partial charge in [-0.1, -0.05) is 0 Å². The van der Waals surface area contributed by atoms with Crippen LogP contribution in [0, 0.1) is 20.2 Å². The van der Waals surface area contributed by atoms with Gasteiger partial charge in [-0.15, -0.1) is 0 Å². The van der Waals surface area contributed by atoms with Crippen LogP contribution in [0.3, 0.4) is 0 Å². The summed E-state index contributed by atoms with van der Waals surface area (Å²) >= 11 is 0. The van der Waals surface area contributed by atoms with Crippen LogP contribution < -0.4 is 5.43 Å². The number of anilines is 1. The molecule has 1 aromatic carbocycles. The summed E-state index contributed by atoms with van der Waals surface area (Å²) in [5, 5.41) is 29.3. The number of benzene rings is 1. The Morgan fingerprint density at radius 3 is 2.76 bits per heavy atom. The van der Waals surface area contributed by atoms with Crippen molar-refractivity contribution in [1.29, 1.82) is 0 Å². The number of hydrazone groups is 1. The number of rotatable bonds is 6. The third-order valence-corrected chi connectivity index (χ3v) is 2.49. The van der Waals surface area contributed by atoms with Crippen molar-refractivity contribution in [1.82, 2.24) is 9.78 Å². The number of nitro groups is 2. The zero-order chi connectivity index (χ0) is 15.2. The third-order valence-electron chi connectivity index (χ3n) is 2.49. The topological polar surface area (TPSA) is 128 Å². The van der Waals surface area contributed by atoms with Crippen LogP contribution in [0.25, 0.3) is 0 Å². The molecule has 0 aliphatic rings. The lowest BCUT2D eigenvalue weighted by Gasteiger charge is -2.01. The second-order valence-corrected chi connectivity index (χ2v) is 3.87. The molecule has 1 aromatic heterocycles. The van der Waals surface area contributed by atoms with E-state index >= 15 is 0 Å². The molecule has 0 fully saturated rings. The van der Waals surface area contributed by atoms with Crippen LogP contribution in [0.15, 0.2) is 41.8 Å². The fourth-order valence-electron chi connectivity index (χ4n) is 1.53. The zero-order valence-corrected chi connectivity index (χ0v) is 10.6. The van der Waals surface area contributed by atoms with Crippen LogP contribution in [-0.2, 0) is 6.54 Å². The highest BCUT2D eigenvalue weighted by Crippen LogP contribution is 2.28. The molecule has 0 radical (unpaired) electrons. The number of hydrogen-bond acceptors (Lipinski definition) is 7. The second kappa shape index (κ2) is 6.23. The van der Waals surface area contributed by atoms with E-state index < -0.39 is 15.5 Å². The Bertz CT molecular complexity index is 682. The van der Waals surface area contributed by atoms with Gasteiger partial charge in [-0.25, -0.2) is 0 Å². The van der Waals surface area contributed by atoms with E-state index in [-0.39, 0.29) is 11.4 Å². The first kappa shape index (κ1) is 14.1. The van der Waals surface area contributed by atoms with E-state index in [0.29, 0.717) is 6.54 Å². The fraction of sp³-hybridized carbons (Fsp3) is 0.0909. The van der Waals surface area contributed by atoms with Crippen molar-refractivity contribution in [2.45, 2.75) is 6.54 Å². The van der Waals surface area contributed by atoms with Crippen LogP contribution in [0.2, 0.25) is 0 Å². The summed E-state index contributed by atoms with van der Waals surface area (Å²) in [7, 11) is 0. The van der Waals surface area contributed by atoms with E-state index in [0.717, 1.165) is 6.07 Å². The van der Waals surface area contributed by atoms with Gasteiger partial charge >= 0.3 is 5.69 Å². The molecule has 1 N–H and O–H groups in total. The molecule has 0 atom stereocenters. The van der Waals surface area contributed by atoms with Crippen molar-refractivity contribution in [3.8, 4) is 0 Å². The third kappa shape index (κ3) is 3.59. The average Bonchev–Trinajstić information content (AvgIpc) is 2.96. The number of nitrogens with zero attached hydrogens (tertiary/aromatic N) is 5. The molecule has 108 valence electrons. The van der Waals surface area contributed by atoms with Gasteiger partial charge in [-0.2, -0.15) is 10.2 Å². The second-order valence-electron chi connectivity index (χ2n) is 3.87. The Morgan fingerprint density at radius 2 is 2.14 bits per heavy atom. The monoisotopic (exact) mass is 290 g/mol. The minimum Gasteiger partial charge on any atom is -0.272 e. The zero-order valence-electron chi connectivity index (χ0n) is 10.6. The molecule has 0 amide bonds. The quantitative estimate of drug-likeness (QED) is 0.490. The molecule has 0 spiro atoms. The van der Waals surface area contributed by atoms with Crippen LogP contribution >= 0.6 is 0 Å². The predicted molar refractivity (Wildman–Crippen MR) is 74.1 cm³/mol. The van der Waals surface area contributed by atoms with Crippen LogP contribution in [0.4, 0.5) is 17.1 Å². The van der Waals surface area contributed by atoms with Crippen LogP contribution in [0.5, 0.6) is 0 Å². The van der Waals surface area contributed by atoms with E-state index in [9.17, 15) is 20.2 Å². The van der Waals surface area contributed by atoms with Gasteiger partial charge in [-0.3, -0.25) is 30.3 Å². The molecule has 0 unspecified atom stereocenters. The molecule has 0 aliphatic heterocycles. The largest absolute Gasteiger partial charge is 0.301 e. The maximum Gasteiger partial charge on any atom is 0.301 e. The number of nitro benzene ring substituents is 2. The molecule has 0 saturated carbocycles. The molecule has 0 bridgehead atoms. The van der Waals surface area contributed by atoms with E-state index in [1.54, 1.807) is 23.1 Å². The highest BCUT2D eigenvalue weighted by atomic mass is 16.6. The summed E-state index contributed by atoms with van der Waals surface area (Å²) in [4.78, 5) is 20.1. The van der Waals surface area contributed by atoms with Crippen LogP contribution in [0.1, 0.15) is 0 Å². The smallest absolute Gasteiger partial charge is 0.272 e. The van der Waals surface area contributed by atoms with E-state index in [4.69, 9.17) is 0 Å². The van der Waals surface area contributed by atoms with Gasteiger partial charge in [0.15, 0.2) is 0 Å². The van der Waals surface area contributed by atoms with Gasteiger partial charge in [-0.05, 0) is 12.1 Å². The maximum absolute atomic E-state index is 10.9. The number of aromatic nitrogens is 2. The van der Waals surface area contributed by atoms with E-state index in [2.05, 4.69) is 15.6 Å². The fourth-order valence-corrected chi connectivity index (χ4v) is 1.53. The molecule has 2 rings (SSSR count). The minimum absolute atomic E-state index is 0.0716. The van der Waals surface area contributed by atoms with Crippen molar-refractivity contribution in [3.05, 3.63) is 56.9 Å². The summed E-state index contributed by atoms with van der Waals surface area (Å²) in [6.07, 6.45) is 4.82. The van der Waals surface area contributed by atoms with Gasteiger partial charge in [0.1, 0.15) is 5.69 Å². The highest BCUT2D eigenvalue weighted by Gasteiger charge is 2.18. The first-order valence-corrected chi connectivity index (χ1v) is 5.75. The number of nitrogens with one attached hydrogen (secondary N) is 1. The average molecular weight is 290 g/mol. The Kier molecular flexibility index (Phi) is 4.19. The summed E-state index contributed by atoms with van der Waals surface area (Å²) in [5.41, 5.74) is 1.79. The number of non-ortho nitro benzene ring substituents is 1. The van der Waals surface area contributed by atoms with Gasteiger partial charge < -0.3 is 0 Å². The summed E-state index contributed by atoms with van der Waals surface area (Å²) in [6, 6.07) is 5.04. The molecule has 1 heterocycles. The van der Waals surface area contributed by atoms with Crippen molar-refractivity contribution in [2.75, 3.05) is 5.43 Å². The first-order chi connectivity index (χ1) is 10.1. The molecule has 2 aromatic rings. The van der Waals surface area contributed by atoms with Gasteiger partial charge in [0.25, 0.3) is 5.69 Å². The lowest BCUT2D eigenvalue weighted by molar-refractivity contribution is -0.393. The molecule has 0 aliphatic carbocycles. The molecular formula is C11H10N6O4. The van der Waals surface area contributed by atoms with Gasteiger partial charge in [0, 0.05) is 24.7 Å². The minimum atomic E-state index is -0.710. The maximum atomic E-state index is 10.9. The van der Waals surface area contributed by atoms with Crippen molar-refractivity contribution in [3.63, 3.8) is 0 Å². The molecule has 10 heteroatoms.